The first kappa shape index (κ1) is 13.2. The lowest BCUT2D eigenvalue weighted by Crippen LogP contribution is -2.10. The number of benzene rings is 1. The van der Waals surface area contributed by atoms with Crippen LogP contribution >= 0.6 is 0 Å². The van der Waals surface area contributed by atoms with Crippen LogP contribution in [0.1, 0.15) is 29.5 Å². The minimum Gasteiger partial charge on any atom is -0.462 e. The van der Waals surface area contributed by atoms with Gasteiger partial charge in [0.1, 0.15) is 0 Å². The SMILES string of the molecule is CCCOC(=O)c1cccc(-n2nnnc2CN)c1. The van der Waals surface area contributed by atoms with Crippen molar-refractivity contribution in [2.45, 2.75) is 19.9 Å². The number of nitrogens with two attached hydrogens (primary N) is 1. The number of esters is 1. The molecule has 0 aliphatic carbocycles. The molecule has 0 unspecified atom stereocenters. The normalized spacial score (nSPS) is 10.4. The summed E-state index contributed by atoms with van der Waals surface area (Å²) in [4.78, 5) is 11.8. The van der Waals surface area contributed by atoms with Crippen LogP contribution in [0, 0.1) is 0 Å². The predicted octanol–water partition coefficient (Wildman–Crippen LogP) is 0.688. The van der Waals surface area contributed by atoms with E-state index in [1.807, 2.05) is 6.92 Å². The van der Waals surface area contributed by atoms with Crippen molar-refractivity contribution in [2.24, 2.45) is 5.73 Å². The maximum absolute atomic E-state index is 11.8. The summed E-state index contributed by atoms with van der Waals surface area (Å²) in [5.74, 6) is 0.171. The van der Waals surface area contributed by atoms with Crippen LogP contribution in [0.3, 0.4) is 0 Å². The molecule has 7 heteroatoms. The Labute approximate surface area is 110 Å². The van der Waals surface area contributed by atoms with E-state index in [0.29, 0.717) is 23.7 Å². The zero-order valence-corrected chi connectivity index (χ0v) is 10.6. The maximum Gasteiger partial charge on any atom is 0.338 e. The average molecular weight is 261 g/mol. The minimum absolute atomic E-state index is 0.220. The molecule has 1 aromatic carbocycles. The molecule has 0 saturated carbocycles. The second-order valence-corrected chi connectivity index (χ2v) is 3.90. The third-order valence-corrected chi connectivity index (χ3v) is 2.48. The highest BCUT2D eigenvalue weighted by Gasteiger charge is 2.11. The molecule has 1 heterocycles. The summed E-state index contributed by atoms with van der Waals surface area (Å²) in [7, 11) is 0. The van der Waals surface area contributed by atoms with Crippen molar-refractivity contribution >= 4 is 5.97 Å². The molecule has 0 fully saturated rings. The third-order valence-electron chi connectivity index (χ3n) is 2.48. The Morgan fingerprint density at radius 2 is 2.32 bits per heavy atom. The van der Waals surface area contributed by atoms with Gasteiger partial charge in [0.05, 0.1) is 24.4 Å². The van der Waals surface area contributed by atoms with Gasteiger partial charge in [0.25, 0.3) is 0 Å². The van der Waals surface area contributed by atoms with Crippen molar-refractivity contribution in [1.82, 2.24) is 20.2 Å². The number of hydrogen-bond acceptors (Lipinski definition) is 6. The van der Waals surface area contributed by atoms with Crippen LogP contribution in [0.2, 0.25) is 0 Å². The quantitative estimate of drug-likeness (QED) is 0.795. The molecule has 2 N–H and O–H groups in total. The highest BCUT2D eigenvalue weighted by molar-refractivity contribution is 5.90. The number of ether oxygens (including phenoxy) is 1. The van der Waals surface area contributed by atoms with Crippen LogP contribution in [-0.4, -0.2) is 32.8 Å². The lowest BCUT2D eigenvalue weighted by Gasteiger charge is -2.06. The van der Waals surface area contributed by atoms with Gasteiger partial charge in [-0.1, -0.05) is 13.0 Å². The van der Waals surface area contributed by atoms with Gasteiger partial charge in [-0.2, -0.15) is 4.68 Å². The van der Waals surface area contributed by atoms with Gasteiger partial charge >= 0.3 is 5.97 Å². The molecule has 0 amide bonds. The van der Waals surface area contributed by atoms with Crippen molar-refractivity contribution in [3.05, 3.63) is 35.7 Å². The highest BCUT2D eigenvalue weighted by Crippen LogP contribution is 2.11. The second kappa shape index (κ2) is 6.05. The van der Waals surface area contributed by atoms with Gasteiger partial charge in [-0.25, -0.2) is 4.79 Å². The summed E-state index contributed by atoms with van der Waals surface area (Å²) < 4.78 is 6.58. The van der Waals surface area contributed by atoms with Crippen molar-refractivity contribution < 1.29 is 9.53 Å². The largest absolute Gasteiger partial charge is 0.462 e. The van der Waals surface area contributed by atoms with E-state index >= 15 is 0 Å². The van der Waals surface area contributed by atoms with Gasteiger partial charge in [0.15, 0.2) is 5.82 Å². The van der Waals surface area contributed by atoms with E-state index in [0.717, 1.165) is 6.42 Å². The van der Waals surface area contributed by atoms with Crippen LogP contribution in [0.5, 0.6) is 0 Å². The Morgan fingerprint density at radius 3 is 3.05 bits per heavy atom. The van der Waals surface area contributed by atoms with E-state index in [4.69, 9.17) is 10.5 Å². The molecule has 0 bridgehead atoms. The number of aromatic nitrogens is 4. The Hall–Kier alpha value is -2.28. The van der Waals surface area contributed by atoms with Crippen molar-refractivity contribution in [2.75, 3.05) is 6.61 Å². The van der Waals surface area contributed by atoms with Gasteiger partial charge in [0, 0.05) is 0 Å². The Bertz CT molecular complexity index is 567. The highest BCUT2D eigenvalue weighted by atomic mass is 16.5. The summed E-state index contributed by atoms with van der Waals surface area (Å²) in [5.41, 5.74) is 6.68. The lowest BCUT2D eigenvalue weighted by atomic mass is 10.2. The van der Waals surface area contributed by atoms with Crippen LogP contribution in [-0.2, 0) is 11.3 Å². The number of nitrogens with zero attached hydrogens (tertiary/aromatic N) is 4. The smallest absolute Gasteiger partial charge is 0.338 e. The fourth-order valence-corrected chi connectivity index (χ4v) is 1.58. The predicted molar refractivity (Wildman–Crippen MR) is 67.6 cm³/mol. The molecule has 0 radical (unpaired) electrons. The van der Waals surface area contributed by atoms with Gasteiger partial charge in [-0.05, 0) is 35.0 Å². The van der Waals surface area contributed by atoms with Crippen LogP contribution in [0.4, 0.5) is 0 Å². The lowest BCUT2D eigenvalue weighted by molar-refractivity contribution is 0.0505. The molecular formula is C12H15N5O2. The summed E-state index contributed by atoms with van der Waals surface area (Å²) in [5, 5.41) is 11.2. The molecule has 0 aliphatic rings. The first-order valence-electron chi connectivity index (χ1n) is 6.01. The molecule has 2 aromatic rings. The van der Waals surface area contributed by atoms with Gasteiger partial charge in [-0.15, -0.1) is 5.10 Å². The summed E-state index contributed by atoms with van der Waals surface area (Å²) in [6, 6.07) is 6.91. The average Bonchev–Trinajstić information content (AvgIpc) is 2.93. The topological polar surface area (TPSA) is 95.9 Å². The number of carbonyl (C=O) groups excluding carboxylic acids is 1. The molecule has 0 spiro atoms. The number of hydrogen-bond donors (Lipinski definition) is 1. The first-order valence-corrected chi connectivity index (χ1v) is 6.01. The molecule has 2 rings (SSSR count). The fraction of sp³-hybridized carbons (Fsp3) is 0.333. The van der Waals surface area contributed by atoms with Gasteiger partial charge in [0.2, 0.25) is 0 Å². The molecule has 0 atom stereocenters. The Kier molecular flexibility index (Phi) is 4.19. The van der Waals surface area contributed by atoms with Gasteiger partial charge in [-0.3, -0.25) is 0 Å². The van der Waals surface area contributed by atoms with E-state index in [9.17, 15) is 4.79 Å². The summed E-state index contributed by atoms with van der Waals surface area (Å²) >= 11 is 0. The van der Waals surface area contributed by atoms with E-state index in [1.165, 1.54) is 4.68 Å². The molecule has 1 aromatic heterocycles. The van der Waals surface area contributed by atoms with E-state index in [1.54, 1.807) is 24.3 Å². The summed E-state index contributed by atoms with van der Waals surface area (Å²) in [6.07, 6.45) is 0.787. The Balaban J connectivity index is 2.27. The fourth-order valence-electron chi connectivity index (χ4n) is 1.58. The molecule has 100 valence electrons. The van der Waals surface area contributed by atoms with Crippen molar-refractivity contribution in [3.8, 4) is 5.69 Å². The van der Waals surface area contributed by atoms with E-state index < -0.39 is 0 Å². The number of tetrazole rings is 1. The van der Waals surface area contributed by atoms with E-state index in [-0.39, 0.29) is 12.5 Å². The van der Waals surface area contributed by atoms with E-state index in [2.05, 4.69) is 15.5 Å². The Morgan fingerprint density at radius 1 is 1.47 bits per heavy atom. The minimum atomic E-state index is -0.355. The number of carbonyl (C=O) groups is 1. The molecule has 19 heavy (non-hydrogen) atoms. The third kappa shape index (κ3) is 2.94. The van der Waals surface area contributed by atoms with Crippen LogP contribution in [0.25, 0.3) is 5.69 Å². The monoisotopic (exact) mass is 261 g/mol. The zero-order chi connectivity index (χ0) is 13.7. The second-order valence-electron chi connectivity index (χ2n) is 3.90. The zero-order valence-electron chi connectivity index (χ0n) is 10.6. The van der Waals surface area contributed by atoms with Gasteiger partial charge < -0.3 is 10.5 Å². The van der Waals surface area contributed by atoms with Crippen LogP contribution in [0.15, 0.2) is 24.3 Å². The van der Waals surface area contributed by atoms with Crippen molar-refractivity contribution in [1.29, 1.82) is 0 Å². The first-order chi connectivity index (χ1) is 9.26. The molecular weight excluding hydrogens is 246 g/mol. The molecule has 0 saturated heterocycles. The maximum atomic E-state index is 11.8. The number of rotatable bonds is 5. The molecule has 7 nitrogen and oxygen atoms in total. The van der Waals surface area contributed by atoms with Crippen LogP contribution < -0.4 is 5.73 Å². The van der Waals surface area contributed by atoms with Crippen molar-refractivity contribution in [3.63, 3.8) is 0 Å². The summed E-state index contributed by atoms with van der Waals surface area (Å²) in [6.45, 7) is 2.57. The molecule has 0 aliphatic heterocycles. The standard InChI is InChI=1S/C12H15N5O2/c1-2-6-19-12(18)9-4-3-5-10(7-9)17-11(8-13)14-15-16-17/h3-5,7H,2,6,8,13H2,1H3.